The van der Waals surface area contributed by atoms with Crippen molar-refractivity contribution in [3.63, 3.8) is 0 Å². The first-order valence-electron chi connectivity index (χ1n) is 7.76. The van der Waals surface area contributed by atoms with E-state index in [4.69, 9.17) is 11.8 Å². The Kier molecular flexibility index (Phi) is 5.12. The Hall–Kier alpha value is -1.90. The Morgan fingerprint density at radius 3 is 1.52 bits per heavy atom. The summed E-state index contributed by atoms with van der Waals surface area (Å²) in [4.78, 5) is 0. The van der Waals surface area contributed by atoms with E-state index in [-0.39, 0.29) is 0 Å². The smallest absolute Gasteiger partial charge is 0.166 e. The second-order valence-corrected chi connectivity index (χ2v) is 10.5. The molecule has 0 bridgehead atoms. The summed E-state index contributed by atoms with van der Waals surface area (Å²) in [6.07, 6.45) is -3.77. The SMILES string of the molecule is FC(F)(F)c1ccc(CP(=S)(c2ccccc2)c2ccccc2)cc1. The molecule has 0 atom stereocenters. The van der Waals surface area contributed by atoms with Gasteiger partial charge in [-0.3, -0.25) is 0 Å². The van der Waals surface area contributed by atoms with Crippen LogP contribution in [0.4, 0.5) is 13.2 Å². The van der Waals surface area contributed by atoms with Gasteiger partial charge in [0.1, 0.15) is 0 Å². The number of hydrogen-bond acceptors (Lipinski definition) is 1. The fourth-order valence-electron chi connectivity index (χ4n) is 2.73. The first kappa shape index (κ1) is 17.9. The van der Waals surface area contributed by atoms with Crippen LogP contribution in [0.25, 0.3) is 0 Å². The highest BCUT2D eigenvalue weighted by Gasteiger charge is 2.30. The topological polar surface area (TPSA) is 0 Å². The van der Waals surface area contributed by atoms with Crippen LogP contribution in [0.5, 0.6) is 0 Å². The molecule has 128 valence electrons. The molecule has 0 saturated heterocycles. The van der Waals surface area contributed by atoms with Crippen molar-refractivity contribution in [1.82, 2.24) is 0 Å². The molecule has 0 saturated carbocycles. The molecule has 0 N–H and O–H groups in total. The Morgan fingerprint density at radius 2 is 1.12 bits per heavy atom. The lowest BCUT2D eigenvalue weighted by atomic mass is 10.1. The van der Waals surface area contributed by atoms with Crippen molar-refractivity contribution in [3.05, 3.63) is 96.1 Å². The van der Waals surface area contributed by atoms with Gasteiger partial charge in [-0.2, -0.15) is 13.2 Å². The molecule has 0 nitrogen and oxygen atoms in total. The number of alkyl halides is 3. The maximum atomic E-state index is 12.8. The van der Waals surface area contributed by atoms with Gasteiger partial charge in [0.15, 0.2) is 0 Å². The van der Waals surface area contributed by atoms with Gasteiger partial charge in [-0.15, -0.1) is 0 Å². The van der Waals surface area contributed by atoms with E-state index in [1.54, 1.807) is 0 Å². The molecule has 0 aromatic heterocycles. The summed E-state index contributed by atoms with van der Waals surface area (Å²) in [5.74, 6) is 0. The van der Waals surface area contributed by atoms with E-state index in [0.717, 1.165) is 28.3 Å². The van der Waals surface area contributed by atoms with E-state index in [2.05, 4.69) is 0 Å². The van der Waals surface area contributed by atoms with Crippen LogP contribution in [0.2, 0.25) is 0 Å². The Labute approximate surface area is 150 Å². The highest BCUT2D eigenvalue weighted by molar-refractivity contribution is 8.21. The molecule has 3 rings (SSSR count). The molecule has 0 spiro atoms. The van der Waals surface area contributed by atoms with Crippen molar-refractivity contribution < 1.29 is 13.2 Å². The normalized spacial score (nSPS) is 12.1. The second kappa shape index (κ2) is 7.15. The predicted octanol–water partition coefficient (Wildman–Crippen LogP) is 5.34. The Balaban J connectivity index is 2.01. The van der Waals surface area contributed by atoms with Gasteiger partial charge in [0.05, 0.1) is 5.56 Å². The average molecular weight is 376 g/mol. The lowest BCUT2D eigenvalue weighted by molar-refractivity contribution is -0.137. The molecule has 0 unspecified atom stereocenters. The summed E-state index contributed by atoms with van der Waals surface area (Å²) in [5, 5.41) is 2.13. The number of rotatable bonds is 4. The molecule has 0 radical (unpaired) electrons. The van der Waals surface area contributed by atoms with Crippen LogP contribution in [-0.4, -0.2) is 0 Å². The number of halogens is 3. The maximum absolute atomic E-state index is 12.8. The quantitative estimate of drug-likeness (QED) is 0.554. The van der Waals surface area contributed by atoms with Crippen molar-refractivity contribution in [2.75, 3.05) is 0 Å². The summed E-state index contributed by atoms with van der Waals surface area (Å²) in [6, 6.07) is 22.9. The monoisotopic (exact) mass is 376 g/mol. The first-order chi connectivity index (χ1) is 11.9. The van der Waals surface area contributed by atoms with Gasteiger partial charge in [-0.25, -0.2) is 0 Å². The van der Waals surface area contributed by atoms with Crippen LogP contribution >= 0.6 is 6.04 Å². The zero-order chi connectivity index (χ0) is 17.9. The average Bonchev–Trinajstić information content (AvgIpc) is 2.63. The van der Waals surface area contributed by atoms with Gasteiger partial charge in [0.25, 0.3) is 0 Å². The minimum atomic E-state index is -4.32. The largest absolute Gasteiger partial charge is 0.416 e. The third-order valence-electron chi connectivity index (χ3n) is 4.03. The standard InChI is InChI=1S/C20H16F3PS/c21-20(22,23)17-13-11-16(12-14-17)15-24(25,18-7-3-1-4-8-18)19-9-5-2-6-10-19/h1-14H,15H2. The first-order valence-corrected chi connectivity index (χ1v) is 10.7. The van der Waals surface area contributed by atoms with Crippen LogP contribution in [0, 0.1) is 0 Å². The molecule has 0 aliphatic carbocycles. The zero-order valence-electron chi connectivity index (χ0n) is 13.3. The summed E-state index contributed by atoms with van der Waals surface area (Å²) in [6.45, 7) is 0. The van der Waals surface area contributed by atoms with Crippen LogP contribution in [0.15, 0.2) is 84.9 Å². The van der Waals surface area contributed by atoms with Gasteiger partial charge in [-0.1, -0.05) is 84.6 Å². The van der Waals surface area contributed by atoms with Crippen LogP contribution in [0.3, 0.4) is 0 Å². The van der Waals surface area contributed by atoms with E-state index in [0.29, 0.717) is 6.16 Å². The van der Waals surface area contributed by atoms with Crippen LogP contribution in [-0.2, 0) is 24.1 Å². The van der Waals surface area contributed by atoms with Crippen LogP contribution < -0.4 is 10.6 Å². The molecule has 0 heterocycles. The van der Waals surface area contributed by atoms with Gasteiger partial charge < -0.3 is 0 Å². The Bertz CT molecular complexity index is 829. The third kappa shape index (κ3) is 4.02. The highest BCUT2D eigenvalue weighted by atomic mass is 32.4. The lowest BCUT2D eigenvalue weighted by Crippen LogP contribution is -2.17. The number of benzene rings is 3. The van der Waals surface area contributed by atoms with Crippen molar-refractivity contribution in [2.24, 2.45) is 0 Å². The van der Waals surface area contributed by atoms with Crippen molar-refractivity contribution >= 4 is 28.5 Å². The lowest BCUT2D eigenvalue weighted by Gasteiger charge is -2.23. The Morgan fingerprint density at radius 1 is 0.680 bits per heavy atom. The van der Waals surface area contributed by atoms with Crippen molar-refractivity contribution in [2.45, 2.75) is 12.3 Å². The minimum Gasteiger partial charge on any atom is -0.166 e. The predicted molar refractivity (Wildman–Crippen MR) is 102 cm³/mol. The van der Waals surface area contributed by atoms with Gasteiger partial charge >= 0.3 is 6.18 Å². The third-order valence-corrected chi connectivity index (χ3v) is 8.76. The highest BCUT2D eigenvalue weighted by Crippen LogP contribution is 2.47. The minimum absolute atomic E-state index is 0.550. The fourth-order valence-corrected chi connectivity index (χ4v) is 6.60. The van der Waals surface area contributed by atoms with Gasteiger partial charge in [0.2, 0.25) is 0 Å². The van der Waals surface area contributed by atoms with Gasteiger partial charge in [0, 0.05) is 12.2 Å². The number of hydrogen-bond donors (Lipinski definition) is 0. The van der Waals surface area contributed by atoms with Crippen molar-refractivity contribution in [1.29, 1.82) is 0 Å². The molecule has 0 aliphatic heterocycles. The zero-order valence-corrected chi connectivity index (χ0v) is 15.0. The molecule has 0 aliphatic rings. The fraction of sp³-hybridized carbons (Fsp3) is 0.100. The maximum Gasteiger partial charge on any atom is 0.416 e. The summed E-state index contributed by atoms with van der Waals surface area (Å²) < 4.78 is 38.3. The molecule has 3 aromatic rings. The van der Waals surface area contributed by atoms with E-state index in [1.807, 2.05) is 60.7 Å². The molecule has 0 amide bonds. The molecular weight excluding hydrogens is 360 g/mol. The van der Waals surface area contributed by atoms with Crippen molar-refractivity contribution in [3.8, 4) is 0 Å². The summed E-state index contributed by atoms with van der Waals surface area (Å²) >= 11 is 6.11. The summed E-state index contributed by atoms with van der Waals surface area (Å²) in [5.41, 5.74) is 0.188. The second-order valence-electron chi connectivity index (χ2n) is 5.76. The summed E-state index contributed by atoms with van der Waals surface area (Å²) in [7, 11) is 0. The van der Waals surface area contributed by atoms with E-state index in [1.165, 1.54) is 12.1 Å². The van der Waals surface area contributed by atoms with Gasteiger partial charge in [-0.05, 0) is 28.3 Å². The molecule has 3 aromatic carbocycles. The molecule has 25 heavy (non-hydrogen) atoms. The molecular formula is C20H16F3PS. The van der Waals surface area contributed by atoms with E-state index < -0.39 is 17.8 Å². The van der Waals surface area contributed by atoms with E-state index in [9.17, 15) is 13.2 Å². The van der Waals surface area contributed by atoms with E-state index >= 15 is 0 Å². The van der Waals surface area contributed by atoms with Crippen LogP contribution in [0.1, 0.15) is 11.1 Å². The molecule has 0 fully saturated rings. The molecule has 5 heteroatoms.